The van der Waals surface area contributed by atoms with Crippen molar-refractivity contribution in [3.63, 3.8) is 0 Å². The second kappa shape index (κ2) is 7.65. The van der Waals surface area contributed by atoms with Crippen molar-refractivity contribution in [3.05, 3.63) is 30.3 Å². The van der Waals surface area contributed by atoms with Crippen LogP contribution in [0.25, 0.3) is 0 Å². The minimum Gasteiger partial charge on any atom is -0.458 e. The molecule has 0 N–H and O–H groups in total. The number of thioether (sulfide) groups is 1. The molecule has 1 aromatic carbocycles. The molecule has 0 radical (unpaired) electrons. The largest absolute Gasteiger partial charge is 0.458 e. The van der Waals surface area contributed by atoms with E-state index in [1.807, 2.05) is 37.3 Å². The molecule has 4 atom stereocenters. The molecule has 1 aromatic rings. The van der Waals surface area contributed by atoms with Crippen molar-refractivity contribution < 1.29 is 23.8 Å². The van der Waals surface area contributed by atoms with Crippen LogP contribution in [0.2, 0.25) is 0 Å². The van der Waals surface area contributed by atoms with Gasteiger partial charge in [-0.2, -0.15) is 0 Å². The van der Waals surface area contributed by atoms with E-state index in [-0.39, 0.29) is 11.9 Å². The molecule has 1 fully saturated rings. The predicted molar refractivity (Wildman–Crippen MR) is 82.3 cm³/mol. The quantitative estimate of drug-likeness (QED) is 0.794. The Balaban J connectivity index is 2.18. The molecule has 6 heteroatoms. The number of carbonyl (C=O) groups excluding carboxylic acids is 2. The Hall–Kier alpha value is -1.53. The lowest BCUT2D eigenvalue weighted by molar-refractivity contribution is -0.192. The average Bonchev–Trinajstić information content (AvgIpc) is 2.46. The minimum absolute atomic E-state index is 0.0409. The van der Waals surface area contributed by atoms with Gasteiger partial charge in [-0.25, -0.2) is 0 Å². The summed E-state index contributed by atoms with van der Waals surface area (Å²) in [5.41, 5.74) is -0.410. The van der Waals surface area contributed by atoms with Gasteiger partial charge < -0.3 is 14.2 Å². The first kappa shape index (κ1) is 16.8. The summed E-state index contributed by atoms with van der Waals surface area (Å²) in [5.74, 6) is -0.848. The average molecular weight is 324 g/mol. The van der Waals surface area contributed by atoms with Gasteiger partial charge in [0, 0.05) is 24.7 Å². The number of benzene rings is 1. The van der Waals surface area contributed by atoms with E-state index >= 15 is 0 Å². The van der Waals surface area contributed by atoms with E-state index in [1.54, 1.807) is 0 Å². The van der Waals surface area contributed by atoms with Gasteiger partial charge in [0.2, 0.25) is 0 Å². The fourth-order valence-electron chi connectivity index (χ4n) is 2.34. The smallest absolute Gasteiger partial charge is 0.303 e. The van der Waals surface area contributed by atoms with Gasteiger partial charge in [-0.15, -0.1) is 0 Å². The van der Waals surface area contributed by atoms with Crippen molar-refractivity contribution in [1.29, 1.82) is 0 Å². The standard InChI is InChI=1S/C16H20O5S/c1-10-9-19-16(22-13-7-5-4-6-8-13)15(21-12(3)18)14(10)20-11(2)17/h4-8,10,14-16H,9H2,1-3H3/t10-,14-,15+,16-/m0/s1. The summed E-state index contributed by atoms with van der Waals surface area (Å²) in [6, 6.07) is 9.70. The van der Waals surface area contributed by atoms with Gasteiger partial charge in [-0.05, 0) is 12.1 Å². The van der Waals surface area contributed by atoms with Crippen molar-refractivity contribution in [2.45, 2.75) is 43.3 Å². The SMILES string of the molecule is CC(=O)O[C@@H]1[C@@H](OC(C)=O)[C@H](Sc2ccccc2)OC[C@@H]1C. The molecule has 1 heterocycles. The first-order chi connectivity index (χ1) is 10.5. The van der Waals surface area contributed by atoms with Crippen LogP contribution in [-0.2, 0) is 23.8 Å². The molecular weight excluding hydrogens is 304 g/mol. The van der Waals surface area contributed by atoms with Gasteiger partial charge in [-0.3, -0.25) is 9.59 Å². The summed E-state index contributed by atoms with van der Waals surface area (Å²) in [6.45, 7) is 5.05. The Morgan fingerprint density at radius 3 is 2.27 bits per heavy atom. The van der Waals surface area contributed by atoms with Crippen molar-refractivity contribution in [1.82, 2.24) is 0 Å². The third kappa shape index (κ3) is 4.48. The zero-order chi connectivity index (χ0) is 16.1. The molecule has 0 aromatic heterocycles. The highest BCUT2D eigenvalue weighted by Crippen LogP contribution is 2.35. The second-order valence-electron chi connectivity index (χ2n) is 5.26. The first-order valence-corrected chi connectivity index (χ1v) is 8.03. The molecule has 0 spiro atoms. The highest BCUT2D eigenvalue weighted by Gasteiger charge is 2.43. The van der Waals surface area contributed by atoms with Crippen LogP contribution in [0.5, 0.6) is 0 Å². The second-order valence-corrected chi connectivity index (χ2v) is 6.43. The highest BCUT2D eigenvalue weighted by molar-refractivity contribution is 7.99. The topological polar surface area (TPSA) is 61.8 Å². The predicted octanol–water partition coefficient (Wildman–Crippen LogP) is 2.63. The van der Waals surface area contributed by atoms with Gasteiger partial charge in [-0.1, -0.05) is 36.9 Å². The molecule has 5 nitrogen and oxygen atoms in total. The Morgan fingerprint density at radius 1 is 1.09 bits per heavy atom. The molecule has 0 saturated carbocycles. The van der Waals surface area contributed by atoms with Crippen LogP contribution in [0.15, 0.2) is 35.2 Å². The molecule has 1 aliphatic rings. The summed E-state index contributed by atoms with van der Waals surface area (Å²) in [4.78, 5) is 23.8. The van der Waals surface area contributed by atoms with Crippen LogP contribution in [0.1, 0.15) is 20.8 Å². The summed E-state index contributed by atoms with van der Waals surface area (Å²) >= 11 is 1.46. The van der Waals surface area contributed by atoms with Crippen LogP contribution in [0.3, 0.4) is 0 Å². The molecule has 2 rings (SSSR count). The third-order valence-electron chi connectivity index (χ3n) is 3.28. The van der Waals surface area contributed by atoms with Gasteiger partial charge in [0.05, 0.1) is 6.61 Å². The molecule has 0 bridgehead atoms. The zero-order valence-electron chi connectivity index (χ0n) is 12.9. The summed E-state index contributed by atoms with van der Waals surface area (Å²) in [6.07, 6.45) is -1.13. The van der Waals surface area contributed by atoms with Crippen LogP contribution in [-0.4, -0.2) is 36.2 Å². The number of rotatable bonds is 4. The summed E-state index contributed by atoms with van der Waals surface area (Å²) in [5, 5.41) is 0. The van der Waals surface area contributed by atoms with E-state index in [2.05, 4.69) is 0 Å². The maximum Gasteiger partial charge on any atom is 0.303 e. The first-order valence-electron chi connectivity index (χ1n) is 7.15. The van der Waals surface area contributed by atoms with E-state index in [9.17, 15) is 9.59 Å². The molecule has 22 heavy (non-hydrogen) atoms. The Labute approximate surface area is 134 Å². The maximum atomic E-state index is 11.4. The summed E-state index contributed by atoms with van der Waals surface area (Å²) in [7, 11) is 0. The molecule has 1 aliphatic heterocycles. The van der Waals surface area contributed by atoms with Gasteiger partial charge in [0.1, 0.15) is 11.5 Å². The number of hydrogen-bond acceptors (Lipinski definition) is 6. The lowest BCUT2D eigenvalue weighted by Gasteiger charge is -2.39. The molecule has 120 valence electrons. The van der Waals surface area contributed by atoms with E-state index in [0.29, 0.717) is 6.61 Å². The van der Waals surface area contributed by atoms with Gasteiger partial charge in [0.25, 0.3) is 0 Å². The van der Waals surface area contributed by atoms with Crippen molar-refractivity contribution in [2.75, 3.05) is 6.61 Å². The number of ether oxygens (including phenoxy) is 3. The minimum atomic E-state index is -0.629. The highest BCUT2D eigenvalue weighted by atomic mass is 32.2. The van der Waals surface area contributed by atoms with Crippen LogP contribution in [0, 0.1) is 5.92 Å². The number of esters is 2. The molecule has 0 aliphatic carbocycles. The molecular formula is C16H20O5S. The zero-order valence-corrected chi connectivity index (χ0v) is 13.7. The Morgan fingerprint density at radius 2 is 1.68 bits per heavy atom. The van der Waals surface area contributed by atoms with Crippen molar-refractivity contribution in [3.8, 4) is 0 Å². The van der Waals surface area contributed by atoms with E-state index in [4.69, 9.17) is 14.2 Å². The lowest BCUT2D eigenvalue weighted by Crippen LogP contribution is -2.51. The van der Waals surface area contributed by atoms with E-state index in [1.165, 1.54) is 25.6 Å². The van der Waals surface area contributed by atoms with Crippen molar-refractivity contribution in [2.24, 2.45) is 5.92 Å². The van der Waals surface area contributed by atoms with Crippen molar-refractivity contribution >= 4 is 23.7 Å². The molecule has 0 unspecified atom stereocenters. The number of hydrogen-bond donors (Lipinski definition) is 0. The summed E-state index contributed by atoms with van der Waals surface area (Å²) < 4.78 is 16.6. The van der Waals surface area contributed by atoms with Gasteiger partial charge in [0.15, 0.2) is 6.10 Å². The lowest BCUT2D eigenvalue weighted by atomic mass is 9.98. The maximum absolute atomic E-state index is 11.4. The fraction of sp³-hybridized carbons (Fsp3) is 0.500. The van der Waals surface area contributed by atoms with Crippen LogP contribution in [0.4, 0.5) is 0 Å². The molecule has 1 saturated heterocycles. The molecule has 0 amide bonds. The monoisotopic (exact) mass is 324 g/mol. The van der Waals surface area contributed by atoms with Gasteiger partial charge >= 0.3 is 11.9 Å². The van der Waals surface area contributed by atoms with E-state index in [0.717, 1.165) is 4.90 Å². The fourth-order valence-corrected chi connectivity index (χ4v) is 3.41. The number of carbonyl (C=O) groups is 2. The Kier molecular flexibility index (Phi) is 5.85. The normalized spacial score (nSPS) is 28.0. The van der Waals surface area contributed by atoms with E-state index < -0.39 is 23.6 Å². The van der Waals surface area contributed by atoms with Crippen LogP contribution < -0.4 is 0 Å². The Bertz CT molecular complexity index is 519. The third-order valence-corrected chi connectivity index (χ3v) is 4.46. The van der Waals surface area contributed by atoms with Crippen LogP contribution >= 0.6 is 11.8 Å².